The van der Waals surface area contributed by atoms with Gasteiger partial charge < -0.3 is 16.5 Å². The maximum absolute atomic E-state index is 12.5. The summed E-state index contributed by atoms with van der Waals surface area (Å²) in [6.45, 7) is 2.25. The van der Waals surface area contributed by atoms with Crippen molar-refractivity contribution in [1.82, 2.24) is 19.9 Å². The summed E-state index contributed by atoms with van der Waals surface area (Å²) in [5.41, 5.74) is 14.8. The van der Waals surface area contributed by atoms with Crippen molar-refractivity contribution in [1.29, 1.82) is 0 Å². The van der Waals surface area contributed by atoms with Gasteiger partial charge in [0.2, 0.25) is 5.95 Å². The van der Waals surface area contributed by atoms with Crippen molar-refractivity contribution >= 4 is 22.8 Å². The molecular weight excluding hydrogens is 304 g/mol. The Morgan fingerprint density at radius 1 is 1.12 bits per heavy atom. The first-order valence-electron chi connectivity index (χ1n) is 7.85. The lowest BCUT2D eigenvalue weighted by Gasteiger charge is -2.29. The molecule has 1 aromatic carbocycles. The summed E-state index contributed by atoms with van der Waals surface area (Å²) in [4.78, 5) is 25.7. The van der Waals surface area contributed by atoms with Crippen LogP contribution in [-0.2, 0) is 19.5 Å². The van der Waals surface area contributed by atoms with Crippen LogP contribution in [0.3, 0.4) is 0 Å². The zero-order valence-corrected chi connectivity index (χ0v) is 13.1. The van der Waals surface area contributed by atoms with Crippen LogP contribution in [0.1, 0.15) is 16.7 Å². The molecule has 24 heavy (non-hydrogen) atoms. The Morgan fingerprint density at radius 3 is 2.71 bits per heavy atom. The van der Waals surface area contributed by atoms with E-state index in [-0.39, 0.29) is 11.5 Å². The van der Waals surface area contributed by atoms with Crippen LogP contribution < -0.4 is 17.0 Å². The highest BCUT2D eigenvalue weighted by atomic mass is 16.1. The minimum absolute atomic E-state index is 0.0668. The highest BCUT2D eigenvalue weighted by Crippen LogP contribution is 2.27. The summed E-state index contributed by atoms with van der Waals surface area (Å²) in [6.07, 6.45) is 0.736. The molecule has 0 spiro atoms. The summed E-state index contributed by atoms with van der Waals surface area (Å²) in [6, 6.07) is 10.2. The molecule has 0 unspecified atom stereocenters. The third-order valence-electron chi connectivity index (χ3n) is 4.44. The first kappa shape index (κ1) is 14.6. The number of aromatic amines is 1. The van der Waals surface area contributed by atoms with Gasteiger partial charge in [0.05, 0.1) is 5.39 Å². The minimum Gasteiger partial charge on any atom is -0.383 e. The molecule has 7 nitrogen and oxygen atoms in total. The SMILES string of the molecule is Nc1nc(N)c2c3c(c(=O)[nH]c2n1)CN(Cc1ccccc1)CC3. The number of benzene rings is 1. The number of anilines is 2. The fourth-order valence-electron chi connectivity index (χ4n) is 3.35. The van der Waals surface area contributed by atoms with Gasteiger partial charge in [0, 0.05) is 25.2 Å². The van der Waals surface area contributed by atoms with Gasteiger partial charge in [-0.2, -0.15) is 9.97 Å². The molecule has 0 amide bonds. The fraction of sp³-hybridized carbons (Fsp3) is 0.235. The van der Waals surface area contributed by atoms with E-state index in [0.29, 0.717) is 18.0 Å². The topological polar surface area (TPSA) is 114 Å². The molecule has 0 radical (unpaired) electrons. The van der Waals surface area contributed by atoms with Gasteiger partial charge in [-0.1, -0.05) is 30.3 Å². The Hall–Kier alpha value is -2.93. The van der Waals surface area contributed by atoms with E-state index >= 15 is 0 Å². The lowest BCUT2D eigenvalue weighted by atomic mass is 9.97. The number of H-pyrrole nitrogens is 1. The summed E-state index contributed by atoms with van der Waals surface area (Å²) >= 11 is 0. The Kier molecular flexibility index (Phi) is 3.42. The molecular formula is C17H18N6O. The van der Waals surface area contributed by atoms with Crippen LogP contribution in [0, 0.1) is 0 Å². The Morgan fingerprint density at radius 2 is 1.92 bits per heavy atom. The van der Waals surface area contributed by atoms with E-state index in [1.165, 1.54) is 5.56 Å². The fourth-order valence-corrected chi connectivity index (χ4v) is 3.35. The first-order valence-corrected chi connectivity index (χ1v) is 7.85. The number of aromatic nitrogens is 3. The van der Waals surface area contributed by atoms with Crippen molar-refractivity contribution < 1.29 is 0 Å². The summed E-state index contributed by atoms with van der Waals surface area (Å²) in [7, 11) is 0. The lowest BCUT2D eigenvalue weighted by molar-refractivity contribution is 0.245. The molecule has 2 aromatic heterocycles. The van der Waals surface area contributed by atoms with E-state index in [0.717, 1.165) is 36.0 Å². The standard InChI is InChI=1S/C17H18N6O/c18-14-13-11-6-7-23(8-10-4-2-1-3-5-10)9-12(11)16(24)21-15(13)22-17(19)20-14/h1-5H,6-9H2,(H5,18,19,20,21,22,24). The number of nitrogens with zero attached hydrogens (tertiary/aromatic N) is 3. The number of hydrogen-bond donors (Lipinski definition) is 3. The number of nitrogens with two attached hydrogens (primary N) is 2. The molecule has 0 bridgehead atoms. The van der Waals surface area contributed by atoms with Gasteiger partial charge in [0.25, 0.3) is 5.56 Å². The van der Waals surface area contributed by atoms with E-state index in [1.807, 2.05) is 18.2 Å². The van der Waals surface area contributed by atoms with E-state index in [9.17, 15) is 4.79 Å². The second kappa shape index (κ2) is 5.61. The molecule has 4 rings (SSSR count). The van der Waals surface area contributed by atoms with E-state index < -0.39 is 0 Å². The van der Waals surface area contributed by atoms with Crippen molar-refractivity contribution in [2.75, 3.05) is 18.0 Å². The lowest BCUT2D eigenvalue weighted by Crippen LogP contribution is -2.34. The normalized spacial score (nSPS) is 14.7. The molecule has 0 saturated heterocycles. The maximum Gasteiger partial charge on any atom is 0.254 e. The van der Waals surface area contributed by atoms with Crippen LogP contribution in [0.2, 0.25) is 0 Å². The zero-order valence-electron chi connectivity index (χ0n) is 13.1. The van der Waals surface area contributed by atoms with Crippen molar-refractivity contribution in [2.45, 2.75) is 19.5 Å². The summed E-state index contributed by atoms with van der Waals surface area (Å²) < 4.78 is 0. The number of rotatable bonds is 2. The molecule has 0 saturated carbocycles. The smallest absolute Gasteiger partial charge is 0.254 e. The maximum atomic E-state index is 12.5. The van der Waals surface area contributed by atoms with Crippen molar-refractivity contribution in [3.63, 3.8) is 0 Å². The zero-order chi connectivity index (χ0) is 16.7. The summed E-state index contributed by atoms with van der Waals surface area (Å²) in [5, 5.41) is 0.721. The van der Waals surface area contributed by atoms with E-state index in [4.69, 9.17) is 11.5 Å². The second-order valence-corrected chi connectivity index (χ2v) is 6.05. The average molecular weight is 322 g/mol. The molecule has 7 heteroatoms. The molecule has 3 aromatic rings. The molecule has 0 atom stereocenters. The van der Waals surface area contributed by atoms with Gasteiger partial charge in [0.1, 0.15) is 11.5 Å². The van der Waals surface area contributed by atoms with Crippen LogP contribution in [0.5, 0.6) is 0 Å². The number of hydrogen-bond acceptors (Lipinski definition) is 6. The molecule has 1 aliphatic rings. The third-order valence-corrected chi connectivity index (χ3v) is 4.44. The third kappa shape index (κ3) is 2.48. The molecule has 1 aliphatic heterocycles. The number of nitrogen functional groups attached to an aromatic ring is 2. The van der Waals surface area contributed by atoms with Crippen molar-refractivity contribution in [2.24, 2.45) is 0 Å². The number of fused-ring (bicyclic) bond motifs is 3. The first-order chi connectivity index (χ1) is 11.6. The predicted octanol–water partition coefficient (Wildman–Crippen LogP) is 1.04. The van der Waals surface area contributed by atoms with E-state index in [2.05, 4.69) is 32.0 Å². The van der Waals surface area contributed by atoms with Gasteiger partial charge in [0.15, 0.2) is 0 Å². The molecule has 0 fully saturated rings. The van der Waals surface area contributed by atoms with Crippen LogP contribution >= 0.6 is 0 Å². The van der Waals surface area contributed by atoms with Gasteiger partial charge in [-0.15, -0.1) is 0 Å². The number of nitrogens with one attached hydrogen (secondary N) is 1. The van der Waals surface area contributed by atoms with Crippen molar-refractivity contribution in [3.8, 4) is 0 Å². The Bertz CT molecular complexity index is 966. The molecule has 5 N–H and O–H groups in total. The molecule has 0 aliphatic carbocycles. The predicted molar refractivity (Wildman–Crippen MR) is 93.2 cm³/mol. The number of pyridine rings is 1. The minimum atomic E-state index is -0.132. The quantitative estimate of drug-likeness (QED) is 0.649. The summed E-state index contributed by atoms with van der Waals surface area (Å²) in [5.74, 6) is 0.388. The van der Waals surface area contributed by atoms with Gasteiger partial charge in [-0.3, -0.25) is 9.69 Å². The Balaban J connectivity index is 1.74. The molecule has 3 heterocycles. The highest BCUT2D eigenvalue weighted by molar-refractivity contribution is 5.90. The monoisotopic (exact) mass is 322 g/mol. The van der Waals surface area contributed by atoms with Gasteiger partial charge in [-0.05, 0) is 17.5 Å². The average Bonchev–Trinajstić information content (AvgIpc) is 2.55. The Labute approximate surface area is 138 Å². The van der Waals surface area contributed by atoms with E-state index in [1.54, 1.807) is 0 Å². The van der Waals surface area contributed by atoms with Gasteiger partial charge in [-0.25, -0.2) is 0 Å². The highest BCUT2D eigenvalue weighted by Gasteiger charge is 2.23. The molecule has 122 valence electrons. The van der Waals surface area contributed by atoms with Gasteiger partial charge >= 0.3 is 0 Å². The largest absolute Gasteiger partial charge is 0.383 e. The second-order valence-electron chi connectivity index (χ2n) is 6.05. The van der Waals surface area contributed by atoms with Crippen LogP contribution in [0.15, 0.2) is 35.1 Å². The van der Waals surface area contributed by atoms with Crippen LogP contribution in [0.4, 0.5) is 11.8 Å². The van der Waals surface area contributed by atoms with Crippen molar-refractivity contribution in [3.05, 3.63) is 57.4 Å². The van der Waals surface area contributed by atoms with Crippen LogP contribution in [-0.4, -0.2) is 26.4 Å². The van der Waals surface area contributed by atoms with Crippen LogP contribution in [0.25, 0.3) is 11.0 Å².